The normalized spacial score (nSPS) is 25.2. The predicted molar refractivity (Wildman–Crippen MR) is 112 cm³/mol. The minimum absolute atomic E-state index is 0.0162. The number of nitrogens with one attached hydrogen (secondary N) is 1. The monoisotopic (exact) mass is 469 g/mol. The first-order valence-corrected chi connectivity index (χ1v) is 11.8. The summed E-state index contributed by atoms with van der Waals surface area (Å²) >= 11 is 12.1. The van der Waals surface area contributed by atoms with E-state index in [9.17, 15) is 13.2 Å². The van der Waals surface area contributed by atoms with Crippen LogP contribution in [0.4, 0.5) is 0 Å². The van der Waals surface area contributed by atoms with Crippen molar-refractivity contribution in [2.24, 2.45) is 5.92 Å². The lowest BCUT2D eigenvalue weighted by Gasteiger charge is -2.40. The lowest BCUT2D eigenvalue weighted by Crippen LogP contribution is -2.54. The van der Waals surface area contributed by atoms with Gasteiger partial charge in [0.2, 0.25) is 15.9 Å². The number of sulfonamides is 1. The van der Waals surface area contributed by atoms with Crippen LogP contribution in [-0.2, 0) is 21.4 Å². The van der Waals surface area contributed by atoms with Crippen molar-refractivity contribution in [2.45, 2.75) is 42.8 Å². The zero-order chi connectivity index (χ0) is 21.5. The Morgan fingerprint density at radius 1 is 1.23 bits per heavy atom. The maximum atomic E-state index is 13.7. The van der Waals surface area contributed by atoms with Crippen molar-refractivity contribution in [3.05, 3.63) is 52.8 Å². The van der Waals surface area contributed by atoms with Gasteiger partial charge in [0.1, 0.15) is 11.7 Å². The number of piperidine rings is 1. The molecule has 1 aromatic carbocycles. The third-order valence-electron chi connectivity index (χ3n) is 5.67. The van der Waals surface area contributed by atoms with E-state index in [0.717, 1.165) is 6.42 Å². The Bertz CT molecular complexity index is 1040. The zero-order valence-electron chi connectivity index (χ0n) is 16.0. The molecular formula is C19H21Cl2N5O3S. The fourth-order valence-corrected chi connectivity index (χ4v) is 6.93. The van der Waals surface area contributed by atoms with E-state index in [1.807, 2.05) is 0 Å². The summed E-state index contributed by atoms with van der Waals surface area (Å²) in [7, 11) is -4.02. The minimum atomic E-state index is -4.02. The molecule has 0 spiro atoms. The zero-order valence-corrected chi connectivity index (χ0v) is 18.4. The molecule has 1 amide bonds. The highest BCUT2D eigenvalue weighted by molar-refractivity contribution is 7.89. The maximum absolute atomic E-state index is 13.7. The highest BCUT2D eigenvalue weighted by Gasteiger charge is 2.49. The second-order valence-corrected chi connectivity index (χ2v) is 10.2. The number of benzene rings is 1. The standard InChI is InChI=1S/C19H21Cl2N5O3S/c1-2-12-10-25(11-15-9-22-24-23-15)19(27)18-5-3-4-17(12)26(18)30(28,29)16-7-13(20)6-14(21)8-16/h2,6-9,12,17-18H,1,3-5,10-11H2,(H,22,23,24)/t12-,17-,18?/m0/s1. The molecule has 4 rings (SSSR count). The van der Waals surface area contributed by atoms with Crippen molar-refractivity contribution < 1.29 is 13.2 Å². The van der Waals surface area contributed by atoms with Gasteiger partial charge in [-0.15, -0.1) is 6.58 Å². The number of amides is 1. The fourth-order valence-electron chi connectivity index (χ4n) is 4.33. The second-order valence-electron chi connectivity index (χ2n) is 7.53. The van der Waals surface area contributed by atoms with Crippen LogP contribution >= 0.6 is 23.2 Å². The summed E-state index contributed by atoms with van der Waals surface area (Å²) in [5.74, 6) is -0.473. The number of aromatic nitrogens is 3. The number of aromatic amines is 1. The van der Waals surface area contributed by atoms with Crippen LogP contribution in [0.2, 0.25) is 10.0 Å². The molecule has 30 heavy (non-hydrogen) atoms. The molecule has 3 atom stereocenters. The number of carbonyl (C=O) groups excluding carboxylic acids is 1. The second kappa shape index (κ2) is 8.30. The van der Waals surface area contributed by atoms with E-state index in [-0.39, 0.29) is 39.4 Å². The van der Waals surface area contributed by atoms with Crippen molar-refractivity contribution in [1.29, 1.82) is 0 Å². The van der Waals surface area contributed by atoms with Crippen molar-refractivity contribution in [3.63, 3.8) is 0 Å². The molecule has 2 aromatic rings. The van der Waals surface area contributed by atoms with Crippen LogP contribution in [0.3, 0.4) is 0 Å². The Hall–Kier alpha value is -1.94. The highest BCUT2D eigenvalue weighted by atomic mass is 35.5. The molecule has 2 aliphatic rings. The molecule has 0 aliphatic carbocycles. The van der Waals surface area contributed by atoms with Gasteiger partial charge in [-0.2, -0.15) is 19.7 Å². The first-order valence-electron chi connectivity index (χ1n) is 9.57. The van der Waals surface area contributed by atoms with Crippen LogP contribution in [0.15, 0.2) is 41.9 Å². The fraction of sp³-hybridized carbons (Fsp3) is 0.421. The lowest BCUT2D eigenvalue weighted by molar-refractivity contribution is -0.135. The van der Waals surface area contributed by atoms with Crippen molar-refractivity contribution in [1.82, 2.24) is 24.6 Å². The van der Waals surface area contributed by atoms with Crippen molar-refractivity contribution >= 4 is 39.1 Å². The summed E-state index contributed by atoms with van der Waals surface area (Å²) in [6.07, 6.45) is 5.13. The molecule has 2 saturated heterocycles. The summed E-state index contributed by atoms with van der Waals surface area (Å²) in [6, 6.07) is 3.02. The predicted octanol–water partition coefficient (Wildman–Crippen LogP) is 2.87. The van der Waals surface area contributed by atoms with Gasteiger partial charge in [-0.3, -0.25) is 4.79 Å². The van der Waals surface area contributed by atoms with Crippen LogP contribution in [0.5, 0.6) is 0 Å². The van der Waals surface area contributed by atoms with E-state index >= 15 is 0 Å². The molecule has 8 nitrogen and oxygen atoms in total. The molecule has 1 unspecified atom stereocenters. The average molecular weight is 470 g/mol. The Balaban J connectivity index is 1.77. The molecule has 160 valence electrons. The third kappa shape index (κ3) is 3.87. The van der Waals surface area contributed by atoms with E-state index < -0.39 is 16.1 Å². The van der Waals surface area contributed by atoms with Gasteiger partial charge < -0.3 is 4.90 Å². The molecule has 11 heteroatoms. The Morgan fingerprint density at radius 3 is 2.60 bits per heavy atom. The van der Waals surface area contributed by atoms with E-state index in [0.29, 0.717) is 25.1 Å². The van der Waals surface area contributed by atoms with Gasteiger partial charge >= 0.3 is 0 Å². The van der Waals surface area contributed by atoms with Gasteiger partial charge in [-0.25, -0.2) is 8.42 Å². The van der Waals surface area contributed by atoms with Gasteiger partial charge in [0.15, 0.2) is 0 Å². The summed E-state index contributed by atoms with van der Waals surface area (Å²) < 4.78 is 28.7. The molecule has 3 heterocycles. The highest BCUT2D eigenvalue weighted by Crippen LogP contribution is 2.38. The van der Waals surface area contributed by atoms with Crippen molar-refractivity contribution in [2.75, 3.05) is 6.54 Å². The molecule has 2 bridgehead atoms. The largest absolute Gasteiger partial charge is 0.335 e. The Kier molecular flexibility index (Phi) is 5.89. The van der Waals surface area contributed by atoms with Gasteiger partial charge in [-0.1, -0.05) is 29.3 Å². The molecular weight excluding hydrogens is 449 g/mol. The molecule has 2 aliphatic heterocycles. The van der Waals surface area contributed by atoms with Crippen LogP contribution in [0.25, 0.3) is 0 Å². The van der Waals surface area contributed by atoms with Gasteiger partial charge in [0.25, 0.3) is 0 Å². The summed E-state index contributed by atoms with van der Waals surface area (Å²) in [5.41, 5.74) is 0.610. The number of hydrogen-bond donors (Lipinski definition) is 1. The molecule has 0 saturated carbocycles. The van der Waals surface area contributed by atoms with Crippen molar-refractivity contribution in [3.8, 4) is 0 Å². The maximum Gasteiger partial charge on any atom is 0.244 e. The number of rotatable bonds is 5. The van der Waals surface area contributed by atoms with E-state index in [4.69, 9.17) is 23.2 Å². The van der Waals surface area contributed by atoms with Gasteiger partial charge in [0, 0.05) is 28.5 Å². The van der Waals surface area contributed by atoms with Gasteiger partial charge in [0.05, 0.1) is 17.6 Å². The SMILES string of the molecule is C=C[C@H]1CN(Cc2cn[nH]n2)C(=O)C2CCC[C@@H]1N2S(=O)(=O)c1cc(Cl)cc(Cl)c1. The van der Waals surface area contributed by atoms with Gasteiger partial charge in [-0.05, 0) is 37.5 Å². The summed E-state index contributed by atoms with van der Waals surface area (Å²) in [5, 5.41) is 10.8. The topological polar surface area (TPSA) is 99.3 Å². The van der Waals surface area contributed by atoms with Crippen LogP contribution in [0, 0.1) is 5.92 Å². The minimum Gasteiger partial charge on any atom is -0.335 e. The number of nitrogens with zero attached hydrogens (tertiary/aromatic N) is 4. The molecule has 1 N–H and O–H groups in total. The van der Waals surface area contributed by atoms with Crippen LogP contribution in [-0.4, -0.2) is 57.6 Å². The summed E-state index contributed by atoms with van der Waals surface area (Å²) in [4.78, 5) is 15.1. The summed E-state index contributed by atoms with van der Waals surface area (Å²) in [6.45, 7) is 4.52. The van der Waals surface area contributed by atoms with Crippen LogP contribution < -0.4 is 0 Å². The number of fused-ring (bicyclic) bond motifs is 2. The number of carbonyl (C=O) groups is 1. The molecule has 2 fully saturated rings. The lowest BCUT2D eigenvalue weighted by atomic mass is 9.90. The third-order valence-corrected chi connectivity index (χ3v) is 8.01. The van der Waals surface area contributed by atoms with E-state index in [1.165, 1.54) is 22.5 Å². The molecule has 1 aromatic heterocycles. The Labute approximate surface area is 184 Å². The quantitative estimate of drug-likeness (QED) is 0.678. The first kappa shape index (κ1) is 21.3. The van der Waals surface area contributed by atoms with E-state index in [1.54, 1.807) is 17.2 Å². The number of H-pyrrole nitrogens is 1. The number of halogens is 2. The van der Waals surface area contributed by atoms with Crippen LogP contribution in [0.1, 0.15) is 25.0 Å². The number of hydrogen-bond acceptors (Lipinski definition) is 5. The Morgan fingerprint density at radius 2 is 1.97 bits per heavy atom. The average Bonchev–Trinajstić information content (AvgIpc) is 3.20. The molecule has 0 radical (unpaired) electrons. The first-order chi connectivity index (χ1) is 14.3. The van der Waals surface area contributed by atoms with E-state index in [2.05, 4.69) is 22.0 Å². The smallest absolute Gasteiger partial charge is 0.244 e.